The second-order valence-corrected chi connectivity index (χ2v) is 6.20. The molecule has 0 aromatic rings. The van der Waals surface area contributed by atoms with Gasteiger partial charge in [0.2, 0.25) is 6.10 Å². The summed E-state index contributed by atoms with van der Waals surface area (Å²) in [6.45, 7) is 4.06. The van der Waals surface area contributed by atoms with E-state index in [1.807, 2.05) is 0 Å². The standard InChI is InChI=1S/C15H21BrO10/c1-7(17)23-6-11(16)12(24-8(2)18)13(25-9(3)19)14(15(21)22-5)26-10(4)20/h11-14H,6H2,1-5H3/t11-,12+,13-,14+/m0/s1. The zero-order chi connectivity index (χ0) is 20.4. The predicted octanol–water partition coefficient (Wildman–Crippen LogP) is 0.281. The summed E-state index contributed by atoms with van der Waals surface area (Å²) in [4.78, 5) is 56.4. The van der Waals surface area contributed by atoms with E-state index in [9.17, 15) is 24.0 Å². The van der Waals surface area contributed by atoms with Crippen molar-refractivity contribution < 1.29 is 47.7 Å². The fraction of sp³-hybridized carbons (Fsp3) is 0.667. The number of carbonyl (C=O) groups is 5. The molecule has 0 N–H and O–H groups in total. The predicted molar refractivity (Wildman–Crippen MR) is 88.0 cm³/mol. The number of ether oxygens (including phenoxy) is 5. The molecule has 0 aliphatic carbocycles. The van der Waals surface area contributed by atoms with Gasteiger partial charge < -0.3 is 23.7 Å². The van der Waals surface area contributed by atoms with Crippen molar-refractivity contribution in [3.05, 3.63) is 0 Å². The first-order valence-electron chi connectivity index (χ1n) is 7.36. The number of halogens is 1. The van der Waals surface area contributed by atoms with E-state index in [4.69, 9.17) is 18.9 Å². The molecular weight excluding hydrogens is 420 g/mol. The smallest absolute Gasteiger partial charge is 0.351 e. The number of rotatable bonds is 9. The van der Waals surface area contributed by atoms with Crippen LogP contribution in [0.4, 0.5) is 0 Å². The minimum absolute atomic E-state index is 0.279. The van der Waals surface area contributed by atoms with Crippen molar-refractivity contribution in [2.24, 2.45) is 0 Å². The van der Waals surface area contributed by atoms with Crippen LogP contribution in [0, 0.1) is 0 Å². The largest absolute Gasteiger partial charge is 0.466 e. The lowest BCUT2D eigenvalue weighted by molar-refractivity contribution is -0.193. The zero-order valence-electron chi connectivity index (χ0n) is 15.0. The number of esters is 5. The maximum Gasteiger partial charge on any atom is 0.351 e. The summed E-state index contributed by atoms with van der Waals surface area (Å²) < 4.78 is 24.5. The van der Waals surface area contributed by atoms with Crippen molar-refractivity contribution in [3.63, 3.8) is 0 Å². The highest BCUT2D eigenvalue weighted by Crippen LogP contribution is 2.22. The number of hydrogen-bond acceptors (Lipinski definition) is 10. The molecule has 0 aromatic carbocycles. The van der Waals surface area contributed by atoms with Crippen LogP contribution in [0.5, 0.6) is 0 Å². The Morgan fingerprint density at radius 2 is 1.23 bits per heavy atom. The van der Waals surface area contributed by atoms with Gasteiger partial charge in [0.15, 0.2) is 12.2 Å². The van der Waals surface area contributed by atoms with Crippen molar-refractivity contribution in [2.45, 2.75) is 50.8 Å². The Balaban J connectivity index is 5.86. The van der Waals surface area contributed by atoms with Gasteiger partial charge in [-0.3, -0.25) is 19.2 Å². The van der Waals surface area contributed by atoms with Crippen molar-refractivity contribution in [1.82, 2.24) is 0 Å². The summed E-state index contributed by atoms with van der Waals surface area (Å²) in [6, 6.07) is 0. The molecule has 0 aliphatic rings. The SMILES string of the molecule is COC(=O)[C@H](OC(C)=O)[C@@H](OC(C)=O)[C@H](OC(C)=O)[C@@H](Br)COC(C)=O. The Bertz CT molecular complexity index is 547. The van der Waals surface area contributed by atoms with Gasteiger partial charge >= 0.3 is 29.8 Å². The molecule has 0 aliphatic heterocycles. The highest BCUT2D eigenvalue weighted by molar-refractivity contribution is 9.09. The van der Waals surface area contributed by atoms with Crippen LogP contribution in [0.2, 0.25) is 0 Å². The minimum atomic E-state index is -1.71. The fourth-order valence-corrected chi connectivity index (χ4v) is 2.41. The molecule has 11 heteroatoms. The molecule has 0 unspecified atom stereocenters. The second-order valence-electron chi connectivity index (χ2n) is 5.02. The molecule has 0 amide bonds. The van der Waals surface area contributed by atoms with E-state index in [1.54, 1.807) is 0 Å². The summed E-state index contributed by atoms with van der Waals surface area (Å²) in [7, 11) is 1.04. The van der Waals surface area contributed by atoms with Crippen LogP contribution in [-0.4, -0.2) is 66.7 Å². The van der Waals surface area contributed by atoms with E-state index >= 15 is 0 Å². The van der Waals surface area contributed by atoms with Crippen LogP contribution in [-0.2, 0) is 47.7 Å². The Labute approximate surface area is 158 Å². The topological polar surface area (TPSA) is 132 Å². The molecule has 26 heavy (non-hydrogen) atoms. The maximum atomic E-state index is 12.0. The summed E-state index contributed by atoms with van der Waals surface area (Å²) in [5.41, 5.74) is 0. The first kappa shape index (κ1) is 23.8. The van der Waals surface area contributed by atoms with E-state index in [1.165, 1.54) is 6.92 Å². The summed E-state index contributed by atoms with van der Waals surface area (Å²) in [5, 5.41) is 0. The van der Waals surface area contributed by atoms with Crippen LogP contribution >= 0.6 is 15.9 Å². The molecule has 0 aromatic heterocycles. The van der Waals surface area contributed by atoms with Crippen LogP contribution in [0.1, 0.15) is 27.7 Å². The minimum Gasteiger partial charge on any atom is -0.466 e. The van der Waals surface area contributed by atoms with E-state index in [2.05, 4.69) is 20.7 Å². The van der Waals surface area contributed by atoms with Gasteiger partial charge in [0, 0.05) is 27.7 Å². The van der Waals surface area contributed by atoms with Crippen LogP contribution < -0.4 is 0 Å². The Kier molecular flexibility index (Phi) is 10.5. The monoisotopic (exact) mass is 440 g/mol. The summed E-state index contributed by atoms with van der Waals surface area (Å²) in [6.07, 6.45) is -4.59. The van der Waals surface area contributed by atoms with E-state index in [0.29, 0.717) is 0 Å². The van der Waals surface area contributed by atoms with Gasteiger partial charge in [-0.2, -0.15) is 0 Å². The fourth-order valence-electron chi connectivity index (χ4n) is 1.87. The van der Waals surface area contributed by atoms with Gasteiger partial charge in [0.25, 0.3) is 0 Å². The Morgan fingerprint density at radius 3 is 1.62 bits per heavy atom. The first-order valence-corrected chi connectivity index (χ1v) is 8.28. The van der Waals surface area contributed by atoms with Crippen molar-refractivity contribution >= 4 is 45.8 Å². The third-order valence-corrected chi connectivity index (χ3v) is 3.54. The lowest BCUT2D eigenvalue weighted by Crippen LogP contribution is -2.53. The number of carbonyl (C=O) groups excluding carboxylic acids is 5. The third kappa shape index (κ3) is 8.79. The maximum absolute atomic E-state index is 12.0. The van der Waals surface area contributed by atoms with E-state index in [0.717, 1.165) is 27.9 Å². The molecular formula is C15H21BrO10. The Morgan fingerprint density at radius 1 is 0.769 bits per heavy atom. The van der Waals surface area contributed by atoms with Crippen molar-refractivity contribution in [2.75, 3.05) is 13.7 Å². The molecule has 0 radical (unpaired) electrons. The molecule has 0 spiro atoms. The average molecular weight is 441 g/mol. The molecule has 0 rings (SSSR count). The molecule has 0 bridgehead atoms. The van der Waals surface area contributed by atoms with Crippen LogP contribution in [0.15, 0.2) is 0 Å². The van der Waals surface area contributed by atoms with E-state index < -0.39 is 53.0 Å². The molecule has 148 valence electrons. The normalized spacial score (nSPS) is 14.8. The summed E-state index contributed by atoms with van der Waals surface area (Å²) in [5.74, 6) is -4.10. The molecule has 4 atom stereocenters. The van der Waals surface area contributed by atoms with E-state index in [-0.39, 0.29) is 6.61 Å². The van der Waals surface area contributed by atoms with Gasteiger partial charge in [-0.15, -0.1) is 0 Å². The lowest BCUT2D eigenvalue weighted by Gasteiger charge is -2.32. The van der Waals surface area contributed by atoms with Gasteiger partial charge in [-0.05, 0) is 0 Å². The van der Waals surface area contributed by atoms with Gasteiger partial charge in [-0.1, -0.05) is 15.9 Å². The highest BCUT2D eigenvalue weighted by Gasteiger charge is 2.45. The lowest BCUT2D eigenvalue weighted by atomic mass is 10.0. The van der Waals surface area contributed by atoms with Crippen molar-refractivity contribution in [1.29, 1.82) is 0 Å². The molecule has 0 fully saturated rings. The highest BCUT2D eigenvalue weighted by atomic mass is 79.9. The van der Waals surface area contributed by atoms with Crippen LogP contribution in [0.3, 0.4) is 0 Å². The van der Waals surface area contributed by atoms with Crippen molar-refractivity contribution in [3.8, 4) is 0 Å². The molecule has 0 saturated heterocycles. The molecule has 10 nitrogen and oxygen atoms in total. The van der Waals surface area contributed by atoms with Gasteiger partial charge in [0.1, 0.15) is 6.61 Å². The molecule has 0 heterocycles. The zero-order valence-corrected chi connectivity index (χ0v) is 16.6. The summed E-state index contributed by atoms with van der Waals surface area (Å²) >= 11 is 3.16. The third-order valence-electron chi connectivity index (χ3n) is 2.76. The number of hydrogen-bond donors (Lipinski definition) is 0. The first-order chi connectivity index (χ1) is 12.0. The van der Waals surface area contributed by atoms with Crippen LogP contribution in [0.25, 0.3) is 0 Å². The Hall–Kier alpha value is -2.17. The van der Waals surface area contributed by atoms with Gasteiger partial charge in [0.05, 0.1) is 11.9 Å². The van der Waals surface area contributed by atoms with Gasteiger partial charge in [-0.25, -0.2) is 4.79 Å². The number of methoxy groups -OCH3 is 1. The second kappa shape index (κ2) is 11.4. The average Bonchev–Trinajstić information content (AvgIpc) is 2.52. The number of alkyl halides is 1. The molecule has 0 saturated carbocycles. The quantitative estimate of drug-likeness (QED) is 0.279.